The lowest BCUT2D eigenvalue weighted by atomic mass is 9.91. The summed E-state index contributed by atoms with van der Waals surface area (Å²) in [6.45, 7) is 19.4. The largest absolute Gasteiger partial charge is 0.380 e. The van der Waals surface area contributed by atoms with Crippen molar-refractivity contribution in [2.45, 2.75) is 68.4 Å². The van der Waals surface area contributed by atoms with Crippen molar-refractivity contribution in [3.63, 3.8) is 0 Å². The predicted molar refractivity (Wildman–Crippen MR) is 84.8 cm³/mol. The highest BCUT2D eigenvalue weighted by molar-refractivity contribution is 4.87. The fourth-order valence-electron chi connectivity index (χ4n) is 1.66. The van der Waals surface area contributed by atoms with Crippen molar-refractivity contribution in [2.24, 2.45) is 10.8 Å². The van der Waals surface area contributed by atoms with E-state index >= 15 is 0 Å². The zero-order valence-corrected chi connectivity index (χ0v) is 14.7. The van der Waals surface area contributed by atoms with Crippen molar-refractivity contribution in [3.8, 4) is 0 Å². The van der Waals surface area contributed by atoms with E-state index < -0.39 is 0 Å². The molecule has 0 bridgehead atoms. The van der Waals surface area contributed by atoms with Gasteiger partial charge in [-0.1, -0.05) is 53.7 Å². The Balaban J connectivity index is 0.00000172. The maximum Gasteiger partial charge on any atom is 0.0796 e. The molecule has 20 heavy (non-hydrogen) atoms. The highest BCUT2D eigenvalue weighted by Gasteiger charge is 2.22. The molecule has 1 aromatic rings. The van der Waals surface area contributed by atoms with Gasteiger partial charge in [0.25, 0.3) is 0 Å². The molecule has 1 rings (SSSR count). The van der Waals surface area contributed by atoms with Crippen LogP contribution in [0, 0.1) is 17.8 Å². The van der Waals surface area contributed by atoms with E-state index in [0.29, 0.717) is 0 Å². The summed E-state index contributed by atoms with van der Waals surface area (Å²) in [6.07, 6.45) is 3.10. The molecule has 0 aliphatic carbocycles. The summed E-state index contributed by atoms with van der Waals surface area (Å²) in [4.78, 5) is 0. The lowest BCUT2D eigenvalue weighted by Crippen LogP contribution is -2.28. The van der Waals surface area contributed by atoms with E-state index in [1.165, 1.54) is 0 Å². The lowest BCUT2D eigenvalue weighted by molar-refractivity contribution is 0.00701. The van der Waals surface area contributed by atoms with Crippen molar-refractivity contribution >= 4 is 0 Å². The van der Waals surface area contributed by atoms with Crippen LogP contribution in [0.2, 0.25) is 0 Å². The van der Waals surface area contributed by atoms with Crippen LogP contribution >= 0.6 is 0 Å². The Kier molecular flexibility index (Phi) is 8.02. The Morgan fingerprint density at radius 3 is 2.10 bits per heavy atom. The molecule has 0 spiro atoms. The summed E-state index contributed by atoms with van der Waals surface area (Å²) >= 11 is 0. The Morgan fingerprint density at radius 1 is 1.10 bits per heavy atom. The number of hydrogen-bond acceptors (Lipinski definition) is 3. The van der Waals surface area contributed by atoms with Crippen LogP contribution in [-0.2, 0) is 11.3 Å². The van der Waals surface area contributed by atoms with Gasteiger partial charge in [0, 0.05) is 18.2 Å². The highest BCUT2D eigenvalue weighted by Crippen LogP contribution is 2.23. The summed E-state index contributed by atoms with van der Waals surface area (Å²) in [5, 5.41) is 8.09. The third kappa shape index (κ3) is 7.63. The fraction of sp³-hybridized carbons (Fsp3) is 0.875. The molecule has 0 amide bonds. The zero-order valence-electron chi connectivity index (χ0n) is 14.7. The van der Waals surface area contributed by atoms with Gasteiger partial charge in [0.15, 0.2) is 0 Å². The van der Waals surface area contributed by atoms with E-state index in [9.17, 15) is 0 Å². The SMILES string of the molecule is CC.CCC(C)(C)COCC(C)(C)Cn1cc(C)nn1. The molecule has 4 nitrogen and oxygen atoms in total. The van der Waals surface area contributed by atoms with Gasteiger partial charge in [-0.25, -0.2) is 0 Å². The van der Waals surface area contributed by atoms with Crippen LogP contribution in [0.3, 0.4) is 0 Å². The number of ether oxygens (including phenoxy) is 1. The number of hydrogen-bond donors (Lipinski definition) is 0. The Bertz CT molecular complexity index is 370. The first-order valence-corrected chi connectivity index (χ1v) is 7.69. The van der Waals surface area contributed by atoms with Gasteiger partial charge in [-0.05, 0) is 18.8 Å². The molecular formula is C16H33N3O. The molecule has 0 saturated heterocycles. The molecule has 4 heteroatoms. The predicted octanol–water partition coefficient (Wildman–Crippen LogP) is 4.09. The second-order valence-electron chi connectivity index (χ2n) is 6.73. The molecule has 0 N–H and O–H groups in total. The van der Waals surface area contributed by atoms with E-state index in [4.69, 9.17) is 4.74 Å². The van der Waals surface area contributed by atoms with Gasteiger partial charge in [0.05, 0.1) is 18.9 Å². The van der Waals surface area contributed by atoms with E-state index in [1.54, 1.807) is 0 Å². The summed E-state index contributed by atoms with van der Waals surface area (Å²) in [5.74, 6) is 0. The van der Waals surface area contributed by atoms with Crippen molar-refractivity contribution in [1.82, 2.24) is 15.0 Å². The van der Waals surface area contributed by atoms with Crippen LogP contribution in [0.1, 0.15) is 60.6 Å². The molecule has 118 valence electrons. The third-order valence-electron chi connectivity index (χ3n) is 3.19. The molecule has 0 aliphatic heterocycles. The molecule has 1 heterocycles. The summed E-state index contributed by atoms with van der Waals surface area (Å²) in [6, 6.07) is 0. The fourth-order valence-corrected chi connectivity index (χ4v) is 1.66. The molecule has 1 aromatic heterocycles. The van der Waals surface area contributed by atoms with Crippen molar-refractivity contribution in [3.05, 3.63) is 11.9 Å². The Morgan fingerprint density at radius 2 is 1.65 bits per heavy atom. The van der Waals surface area contributed by atoms with Crippen molar-refractivity contribution in [2.75, 3.05) is 13.2 Å². The monoisotopic (exact) mass is 283 g/mol. The minimum absolute atomic E-state index is 0.0734. The van der Waals surface area contributed by atoms with Gasteiger partial charge >= 0.3 is 0 Å². The molecule has 0 radical (unpaired) electrons. The van der Waals surface area contributed by atoms with Crippen molar-refractivity contribution < 1.29 is 4.74 Å². The number of rotatable bonds is 7. The smallest absolute Gasteiger partial charge is 0.0796 e. The van der Waals surface area contributed by atoms with Crippen LogP contribution in [0.5, 0.6) is 0 Å². The molecule has 0 unspecified atom stereocenters. The average Bonchev–Trinajstić information content (AvgIpc) is 2.76. The van der Waals surface area contributed by atoms with E-state index in [0.717, 1.165) is 31.9 Å². The summed E-state index contributed by atoms with van der Waals surface area (Å²) in [5.41, 5.74) is 1.29. The molecular weight excluding hydrogens is 250 g/mol. The number of aromatic nitrogens is 3. The van der Waals surface area contributed by atoms with Gasteiger partial charge in [0.1, 0.15) is 0 Å². The van der Waals surface area contributed by atoms with Gasteiger partial charge in [-0.15, -0.1) is 5.10 Å². The number of nitrogens with zero attached hydrogens (tertiary/aromatic N) is 3. The van der Waals surface area contributed by atoms with Crippen LogP contribution in [0.15, 0.2) is 6.20 Å². The third-order valence-corrected chi connectivity index (χ3v) is 3.19. The lowest BCUT2D eigenvalue weighted by Gasteiger charge is -2.28. The van der Waals surface area contributed by atoms with Crippen molar-refractivity contribution in [1.29, 1.82) is 0 Å². The maximum absolute atomic E-state index is 5.87. The van der Waals surface area contributed by atoms with Crippen LogP contribution in [0.25, 0.3) is 0 Å². The molecule has 0 aromatic carbocycles. The summed E-state index contributed by atoms with van der Waals surface area (Å²) in [7, 11) is 0. The highest BCUT2D eigenvalue weighted by atomic mass is 16.5. The molecule has 0 fully saturated rings. The number of aryl methyl sites for hydroxylation is 1. The Hall–Kier alpha value is -0.900. The standard InChI is InChI=1S/C14H27N3O.C2H6/c1-7-13(3,4)10-18-11-14(5,6)9-17-8-12(2)15-16-17;1-2/h8H,7,9-11H2,1-6H3;1-2H3. The normalized spacial score (nSPS) is 12.0. The molecule has 0 aliphatic rings. The van der Waals surface area contributed by atoms with Gasteiger partial charge < -0.3 is 4.74 Å². The Labute approximate surface area is 124 Å². The first-order valence-electron chi connectivity index (χ1n) is 7.69. The van der Waals surface area contributed by atoms with E-state index in [1.807, 2.05) is 31.6 Å². The van der Waals surface area contributed by atoms with Crippen LogP contribution in [0.4, 0.5) is 0 Å². The molecule has 0 atom stereocenters. The summed E-state index contributed by atoms with van der Waals surface area (Å²) < 4.78 is 7.76. The minimum atomic E-state index is 0.0734. The zero-order chi connectivity index (χ0) is 15.8. The van der Waals surface area contributed by atoms with Gasteiger partial charge in [-0.3, -0.25) is 4.68 Å². The first kappa shape index (κ1) is 19.1. The van der Waals surface area contributed by atoms with Gasteiger partial charge in [0.2, 0.25) is 0 Å². The van der Waals surface area contributed by atoms with E-state index in [2.05, 4.69) is 44.9 Å². The topological polar surface area (TPSA) is 39.9 Å². The second-order valence-corrected chi connectivity index (χ2v) is 6.73. The second kappa shape index (κ2) is 8.40. The maximum atomic E-state index is 5.87. The van der Waals surface area contributed by atoms with Gasteiger partial charge in [-0.2, -0.15) is 0 Å². The molecule has 0 saturated carbocycles. The van der Waals surface area contributed by atoms with Crippen LogP contribution < -0.4 is 0 Å². The first-order chi connectivity index (χ1) is 9.24. The minimum Gasteiger partial charge on any atom is -0.380 e. The quantitative estimate of drug-likeness (QED) is 0.756. The average molecular weight is 283 g/mol. The van der Waals surface area contributed by atoms with E-state index in [-0.39, 0.29) is 10.8 Å². The van der Waals surface area contributed by atoms with Crippen LogP contribution in [-0.4, -0.2) is 28.2 Å².